The molecule has 0 saturated carbocycles. The van der Waals surface area contributed by atoms with E-state index in [2.05, 4.69) is 5.32 Å². The summed E-state index contributed by atoms with van der Waals surface area (Å²) >= 11 is 0. The molecule has 1 aliphatic heterocycles. The summed E-state index contributed by atoms with van der Waals surface area (Å²) in [6.45, 7) is 1.03. The highest BCUT2D eigenvalue weighted by molar-refractivity contribution is 7.91. The zero-order chi connectivity index (χ0) is 17.0. The molecule has 1 aromatic rings. The molecule has 23 heavy (non-hydrogen) atoms. The van der Waals surface area contributed by atoms with Gasteiger partial charge in [0.05, 0.1) is 11.5 Å². The fourth-order valence-electron chi connectivity index (χ4n) is 2.54. The number of amides is 2. The van der Waals surface area contributed by atoms with Gasteiger partial charge < -0.3 is 15.1 Å². The summed E-state index contributed by atoms with van der Waals surface area (Å²) in [5, 5.41) is 2.64. The molecule has 0 aliphatic carbocycles. The van der Waals surface area contributed by atoms with Crippen molar-refractivity contribution in [2.45, 2.75) is 12.5 Å². The van der Waals surface area contributed by atoms with Crippen LogP contribution in [0, 0.1) is 5.82 Å². The van der Waals surface area contributed by atoms with Crippen LogP contribution >= 0.6 is 0 Å². The van der Waals surface area contributed by atoms with Gasteiger partial charge in [0, 0.05) is 24.8 Å². The minimum atomic E-state index is -3.09. The Labute approximate surface area is 136 Å². The zero-order valence-electron chi connectivity index (χ0n) is 13.3. The average Bonchev–Trinajstić information content (AvgIpc) is 2.78. The van der Waals surface area contributed by atoms with Gasteiger partial charge in [-0.25, -0.2) is 17.6 Å². The third-order valence-electron chi connectivity index (χ3n) is 3.77. The largest absolute Gasteiger partial charge is 0.322 e. The number of rotatable bonds is 5. The van der Waals surface area contributed by atoms with Crippen LogP contribution in [0.1, 0.15) is 6.42 Å². The number of carbonyl (C=O) groups excluding carboxylic acids is 1. The summed E-state index contributed by atoms with van der Waals surface area (Å²) in [6.07, 6.45) is 0.437. The second-order valence-electron chi connectivity index (χ2n) is 5.99. The average molecular weight is 343 g/mol. The molecule has 0 spiro atoms. The molecule has 1 saturated heterocycles. The van der Waals surface area contributed by atoms with Crippen LogP contribution in [-0.4, -0.2) is 69.0 Å². The second-order valence-corrected chi connectivity index (χ2v) is 8.22. The molecule has 0 radical (unpaired) electrons. The minimum absolute atomic E-state index is 0.0169. The molecule has 1 fully saturated rings. The van der Waals surface area contributed by atoms with Crippen LogP contribution in [-0.2, 0) is 9.84 Å². The van der Waals surface area contributed by atoms with Crippen LogP contribution in [0.3, 0.4) is 0 Å². The summed E-state index contributed by atoms with van der Waals surface area (Å²) < 4.78 is 36.6. The summed E-state index contributed by atoms with van der Waals surface area (Å²) in [4.78, 5) is 16.0. The lowest BCUT2D eigenvalue weighted by molar-refractivity contribution is 0.186. The topological polar surface area (TPSA) is 69.7 Å². The normalized spacial score (nSPS) is 19.7. The van der Waals surface area contributed by atoms with E-state index < -0.39 is 21.7 Å². The quantitative estimate of drug-likeness (QED) is 0.878. The molecular formula is C15H22FN3O3S. The van der Waals surface area contributed by atoms with Crippen LogP contribution in [0.5, 0.6) is 0 Å². The van der Waals surface area contributed by atoms with E-state index >= 15 is 0 Å². The highest BCUT2D eigenvalue weighted by atomic mass is 32.2. The minimum Gasteiger partial charge on any atom is -0.319 e. The second kappa shape index (κ2) is 7.27. The Kier molecular flexibility index (Phi) is 5.59. The summed E-state index contributed by atoms with van der Waals surface area (Å²) in [6, 6.07) is 4.88. The van der Waals surface area contributed by atoms with E-state index in [9.17, 15) is 17.6 Å². The van der Waals surface area contributed by atoms with E-state index in [1.807, 2.05) is 19.0 Å². The molecule has 1 aliphatic rings. The number of likely N-dealkylation sites (N-methyl/N-ethyl adjacent to an activating group) is 1. The SMILES string of the molecule is CN(C)CCN(C(=O)Nc1cccc(F)c1)C1CCS(=O)(=O)C1. The lowest BCUT2D eigenvalue weighted by atomic mass is 10.2. The van der Waals surface area contributed by atoms with Gasteiger partial charge >= 0.3 is 6.03 Å². The molecule has 1 N–H and O–H groups in total. The monoisotopic (exact) mass is 343 g/mol. The first-order valence-electron chi connectivity index (χ1n) is 7.45. The number of nitrogens with one attached hydrogen (secondary N) is 1. The van der Waals surface area contributed by atoms with E-state index in [-0.39, 0.29) is 17.5 Å². The maximum Gasteiger partial charge on any atom is 0.322 e. The van der Waals surface area contributed by atoms with Crippen LogP contribution in [0.4, 0.5) is 14.9 Å². The van der Waals surface area contributed by atoms with Crippen molar-refractivity contribution in [3.8, 4) is 0 Å². The van der Waals surface area contributed by atoms with Crippen molar-refractivity contribution in [1.82, 2.24) is 9.80 Å². The van der Waals surface area contributed by atoms with Gasteiger partial charge in [-0.3, -0.25) is 0 Å². The van der Waals surface area contributed by atoms with Crippen molar-refractivity contribution in [3.63, 3.8) is 0 Å². The number of hydrogen-bond acceptors (Lipinski definition) is 4. The molecule has 1 atom stereocenters. The lowest BCUT2D eigenvalue weighted by Gasteiger charge is -2.29. The highest BCUT2D eigenvalue weighted by Gasteiger charge is 2.34. The Hall–Kier alpha value is -1.67. The predicted octanol–water partition coefficient (Wildman–Crippen LogP) is 1.41. The van der Waals surface area contributed by atoms with Crippen LogP contribution in [0.15, 0.2) is 24.3 Å². The number of carbonyl (C=O) groups is 1. The molecule has 1 aromatic carbocycles. The number of nitrogens with zero attached hydrogens (tertiary/aromatic N) is 2. The Balaban J connectivity index is 2.10. The Bertz CT molecular complexity index is 664. The molecular weight excluding hydrogens is 321 g/mol. The summed E-state index contributed by atoms with van der Waals surface area (Å²) in [7, 11) is 0.679. The first-order valence-corrected chi connectivity index (χ1v) is 9.27. The molecule has 128 valence electrons. The zero-order valence-corrected chi connectivity index (χ0v) is 14.1. The number of urea groups is 1. The van der Waals surface area contributed by atoms with Crippen molar-refractivity contribution < 1.29 is 17.6 Å². The van der Waals surface area contributed by atoms with Gasteiger partial charge in [-0.15, -0.1) is 0 Å². The standard InChI is InChI=1S/C15H22FN3O3S/c1-18(2)7-8-19(14-6-9-23(21,22)11-14)15(20)17-13-5-3-4-12(16)10-13/h3-5,10,14H,6-9,11H2,1-2H3,(H,17,20). The predicted molar refractivity (Wildman–Crippen MR) is 87.7 cm³/mol. The number of anilines is 1. The molecule has 1 heterocycles. The van der Waals surface area contributed by atoms with Gasteiger partial charge in [-0.1, -0.05) is 6.07 Å². The number of hydrogen-bond donors (Lipinski definition) is 1. The molecule has 1 unspecified atom stereocenters. The number of sulfone groups is 1. The molecule has 2 rings (SSSR count). The maximum absolute atomic E-state index is 13.2. The van der Waals surface area contributed by atoms with Crippen molar-refractivity contribution >= 4 is 21.6 Å². The molecule has 6 nitrogen and oxygen atoms in total. The first-order chi connectivity index (χ1) is 10.8. The fourth-order valence-corrected chi connectivity index (χ4v) is 4.27. The van der Waals surface area contributed by atoms with E-state index in [1.165, 1.54) is 23.1 Å². The Morgan fingerprint density at radius 1 is 1.35 bits per heavy atom. The van der Waals surface area contributed by atoms with Gasteiger partial charge in [0.25, 0.3) is 0 Å². The van der Waals surface area contributed by atoms with E-state index in [4.69, 9.17) is 0 Å². The molecule has 2 amide bonds. The van der Waals surface area contributed by atoms with Crippen molar-refractivity contribution in [3.05, 3.63) is 30.1 Å². The van der Waals surface area contributed by atoms with Gasteiger partial charge in [0.1, 0.15) is 5.82 Å². The molecule has 0 bridgehead atoms. The number of benzene rings is 1. The van der Waals surface area contributed by atoms with Crippen LogP contribution < -0.4 is 5.32 Å². The smallest absolute Gasteiger partial charge is 0.319 e. The Morgan fingerprint density at radius 3 is 2.65 bits per heavy atom. The van der Waals surface area contributed by atoms with Crippen molar-refractivity contribution in [2.75, 3.05) is 44.0 Å². The first kappa shape index (κ1) is 17.7. The summed E-state index contributed by atoms with van der Waals surface area (Å²) in [5.41, 5.74) is 0.353. The van der Waals surface area contributed by atoms with Gasteiger partial charge in [0.15, 0.2) is 9.84 Å². The van der Waals surface area contributed by atoms with Crippen molar-refractivity contribution in [1.29, 1.82) is 0 Å². The van der Waals surface area contributed by atoms with Gasteiger partial charge in [0.2, 0.25) is 0 Å². The fraction of sp³-hybridized carbons (Fsp3) is 0.533. The Morgan fingerprint density at radius 2 is 2.09 bits per heavy atom. The maximum atomic E-state index is 13.2. The number of halogens is 1. The highest BCUT2D eigenvalue weighted by Crippen LogP contribution is 2.19. The molecule has 8 heteroatoms. The van der Waals surface area contributed by atoms with Gasteiger partial charge in [-0.2, -0.15) is 0 Å². The van der Waals surface area contributed by atoms with E-state index in [0.717, 1.165) is 0 Å². The third kappa shape index (κ3) is 5.18. The van der Waals surface area contributed by atoms with Crippen LogP contribution in [0.25, 0.3) is 0 Å². The van der Waals surface area contributed by atoms with Crippen molar-refractivity contribution in [2.24, 2.45) is 0 Å². The summed E-state index contributed by atoms with van der Waals surface area (Å²) in [5.74, 6) is -0.355. The third-order valence-corrected chi connectivity index (χ3v) is 5.52. The lowest BCUT2D eigenvalue weighted by Crippen LogP contribution is -2.46. The van der Waals surface area contributed by atoms with E-state index in [1.54, 1.807) is 6.07 Å². The van der Waals surface area contributed by atoms with E-state index in [0.29, 0.717) is 25.2 Å². The molecule has 0 aromatic heterocycles. The van der Waals surface area contributed by atoms with Crippen LogP contribution in [0.2, 0.25) is 0 Å². The van der Waals surface area contributed by atoms with Gasteiger partial charge in [-0.05, 0) is 38.7 Å².